The van der Waals surface area contributed by atoms with Crippen molar-refractivity contribution in [1.82, 2.24) is 4.90 Å². The highest BCUT2D eigenvalue weighted by Crippen LogP contribution is 2.10. The fourth-order valence-electron chi connectivity index (χ4n) is 1.54. The van der Waals surface area contributed by atoms with Crippen LogP contribution < -0.4 is 5.73 Å². The van der Waals surface area contributed by atoms with Crippen LogP contribution in [-0.2, 0) is 9.47 Å². The molecule has 0 radical (unpaired) electrons. The van der Waals surface area contributed by atoms with E-state index in [2.05, 4.69) is 11.8 Å². The molecule has 2 N–H and O–H groups in total. The summed E-state index contributed by atoms with van der Waals surface area (Å²) >= 11 is 0. The van der Waals surface area contributed by atoms with Gasteiger partial charge in [0.05, 0.1) is 19.3 Å². The number of rotatable bonds is 4. The molecule has 1 aliphatic rings. The summed E-state index contributed by atoms with van der Waals surface area (Å²) in [5.41, 5.74) is 5.56. The lowest BCUT2D eigenvalue weighted by Crippen LogP contribution is -2.51. The Balaban J connectivity index is 2.31. The third-order valence-electron chi connectivity index (χ3n) is 2.48. The third kappa shape index (κ3) is 3.23. The van der Waals surface area contributed by atoms with Crippen LogP contribution in [0.4, 0.5) is 0 Å². The fraction of sp³-hybridized carbons (Fsp3) is 1.00. The van der Waals surface area contributed by atoms with Gasteiger partial charge in [-0.25, -0.2) is 0 Å². The summed E-state index contributed by atoms with van der Waals surface area (Å²) in [5, 5.41) is 0. The van der Waals surface area contributed by atoms with Gasteiger partial charge in [-0.2, -0.15) is 0 Å². The lowest BCUT2D eigenvalue weighted by atomic mass is 10.2. The van der Waals surface area contributed by atoms with Crippen molar-refractivity contribution in [3.63, 3.8) is 0 Å². The SMILES string of the molecule is COCCN1CC(CN)OCC1C. The number of morpholine rings is 1. The van der Waals surface area contributed by atoms with Gasteiger partial charge in [0.1, 0.15) is 0 Å². The van der Waals surface area contributed by atoms with Crippen molar-refractivity contribution in [2.45, 2.75) is 19.1 Å². The van der Waals surface area contributed by atoms with E-state index in [0.29, 0.717) is 12.6 Å². The zero-order chi connectivity index (χ0) is 9.68. The molecule has 0 saturated carbocycles. The van der Waals surface area contributed by atoms with Crippen molar-refractivity contribution in [3.8, 4) is 0 Å². The van der Waals surface area contributed by atoms with Gasteiger partial charge in [-0.1, -0.05) is 0 Å². The van der Waals surface area contributed by atoms with Crippen LogP contribution >= 0.6 is 0 Å². The summed E-state index contributed by atoms with van der Waals surface area (Å²) in [6.45, 7) is 6.24. The van der Waals surface area contributed by atoms with Crippen molar-refractivity contribution < 1.29 is 9.47 Å². The van der Waals surface area contributed by atoms with Gasteiger partial charge in [0.15, 0.2) is 0 Å². The van der Waals surface area contributed by atoms with E-state index in [1.54, 1.807) is 7.11 Å². The van der Waals surface area contributed by atoms with Crippen molar-refractivity contribution >= 4 is 0 Å². The summed E-state index contributed by atoms with van der Waals surface area (Å²) in [5.74, 6) is 0. The van der Waals surface area contributed by atoms with E-state index in [9.17, 15) is 0 Å². The van der Waals surface area contributed by atoms with E-state index in [4.69, 9.17) is 15.2 Å². The van der Waals surface area contributed by atoms with E-state index in [0.717, 1.165) is 26.3 Å². The van der Waals surface area contributed by atoms with Gasteiger partial charge in [-0.05, 0) is 6.92 Å². The Morgan fingerprint density at radius 3 is 3.00 bits per heavy atom. The minimum absolute atomic E-state index is 0.202. The second-order valence-electron chi connectivity index (χ2n) is 3.53. The second-order valence-corrected chi connectivity index (χ2v) is 3.53. The van der Waals surface area contributed by atoms with Crippen LogP contribution in [0.2, 0.25) is 0 Å². The molecule has 13 heavy (non-hydrogen) atoms. The number of nitrogens with zero attached hydrogens (tertiary/aromatic N) is 1. The molecule has 1 heterocycles. The quantitative estimate of drug-likeness (QED) is 0.657. The molecule has 4 heteroatoms. The van der Waals surface area contributed by atoms with Gasteiger partial charge < -0.3 is 15.2 Å². The van der Waals surface area contributed by atoms with Crippen molar-refractivity contribution in [1.29, 1.82) is 0 Å². The molecule has 2 unspecified atom stereocenters. The molecule has 0 aliphatic carbocycles. The molecular weight excluding hydrogens is 168 g/mol. The van der Waals surface area contributed by atoms with Gasteiger partial charge in [0.2, 0.25) is 0 Å². The van der Waals surface area contributed by atoms with E-state index in [1.165, 1.54) is 0 Å². The fourth-order valence-corrected chi connectivity index (χ4v) is 1.54. The standard InChI is InChI=1S/C9H20N2O2/c1-8-7-13-9(5-10)6-11(8)3-4-12-2/h8-9H,3-7,10H2,1-2H3. The van der Waals surface area contributed by atoms with Gasteiger partial charge in [0.25, 0.3) is 0 Å². The summed E-state index contributed by atoms with van der Waals surface area (Å²) in [6.07, 6.45) is 0.202. The summed E-state index contributed by atoms with van der Waals surface area (Å²) in [6, 6.07) is 0.484. The predicted molar refractivity (Wildman–Crippen MR) is 51.7 cm³/mol. The lowest BCUT2D eigenvalue weighted by molar-refractivity contribution is -0.0588. The molecule has 2 atom stereocenters. The highest BCUT2D eigenvalue weighted by Gasteiger charge is 2.24. The van der Waals surface area contributed by atoms with Crippen molar-refractivity contribution in [3.05, 3.63) is 0 Å². The molecule has 0 bridgehead atoms. The molecule has 1 aliphatic heterocycles. The van der Waals surface area contributed by atoms with Crippen LogP contribution in [0.3, 0.4) is 0 Å². The van der Waals surface area contributed by atoms with Gasteiger partial charge in [0, 0.05) is 32.8 Å². The molecule has 0 aromatic carbocycles. The van der Waals surface area contributed by atoms with Crippen LogP contribution in [0.25, 0.3) is 0 Å². The van der Waals surface area contributed by atoms with Crippen LogP contribution in [0.15, 0.2) is 0 Å². The minimum atomic E-state index is 0.202. The van der Waals surface area contributed by atoms with E-state index in [1.807, 2.05) is 0 Å². The van der Waals surface area contributed by atoms with E-state index < -0.39 is 0 Å². The maximum atomic E-state index is 5.56. The Bertz CT molecular complexity index is 144. The van der Waals surface area contributed by atoms with Crippen LogP contribution in [0.5, 0.6) is 0 Å². The molecule has 1 fully saturated rings. The number of nitrogens with two attached hydrogens (primary N) is 1. The lowest BCUT2D eigenvalue weighted by Gasteiger charge is -2.37. The number of methoxy groups -OCH3 is 1. The molecule has 0 amide bonds. The molecule has 0 aromatic heterocycles. The molecule has 0 spiro atoms. The topological polar surface area (TPSA) is 47.7 Å². The zero-order valence-electron chi connectivity index (χ0n) is 8.53. The van der Waals surface area contributed by atoms with Crippen LogP contribution in [0.1, 0.15) is 6.92 Å². The Labute approximate surface area is 80.0 Å². The Hall–Kier alpha value is -0.160. The van der Waals surface area contributed by atoms with E-state index in [-0.39, 0.29) is 6.10 Å². The number of hydrogen-bond donors (Lipinski definition) is 1. The maximum absolute atomic E-state index is 5.56. The Kier molecular flexibility index (Phi) is 4.66. The van der Waals surface area contributed by atoms with Crippen LogP contribution in [-0.4, -0.2) is 57.0 Å². The molecule has 4 nitrogen and oxygen atoms in total. The normalized spacial score (nSPS) is 30.7. The molecule has 0 aromatic rings. The monoisotopic (exact) mass is 188 g/mol. The highest BCUT2D eigenvalue weighted by molar-refractivity contribution is 4.77. The first-order chi connectivity index (χ1) is 6.27. The van der Waals surface area contributed by atoms with Gasteiger partial charge in [-0.15, -0.1) is 0 Å². The predicted octanol–water partition coefficient (Wildman–Crippen LogP) is -0.319. The smallest absolute Gasteiger partial charge is 0.0824 e. The molecule has 1 rings (SSSR count). The second kappa shape index (κ2) is 5.54. The minimum Gasteiger partial charge on any atom is -0.383 e. The highest BCUT2D eigenvalue weighted by atomic mass is 16.5. The molecule has 78 valence electrons. The van der Waals surface area contributed by atoms with Crippen molar-refractivity contribution in [2.24, 2.45) is 5.73 Å². The average Bonchev–Trinajstić information content (AvgIpc) is 2.17. The van der Waals surface area contributed by atoms with Gasteiger partial charge >= 0.3 is 0 Å². The Morgan fingerprint density at radius 1 is 1.62 bits per heavy atom. The zero-order valence-corrected chi connectivity index (χ0v) is 8.53. The van der Waals surface area contributed by atoms with Crippen molar-refractivity contribution in [2.75, 3.05) is 40.0 Å². The molecular formula is C9H20N2O2. The van der Waals surface area contributed by atoms with E-state index >= 15 is 0 Å². The largest absolute Gasteiger partial charge is 0.383 e. The Morgan fingerprint density at radius 2 is 2.38 bits per heavy atom. The summed E-state index contributed by atoms with van der Waals surface area (Å²) < 4.78 is 10.6. The summed E-state index contributed by atoms with van der Waals surface area (Å²) in [4.78, 5) is 2.37. The first kappa shape index (κ1) is 10.9. The van der Waals surface area contributed by atoms with Crippen LogP contribution in [0, 0.1) is 0 Å². The summed E-state index contributed by atoms with van der Waals surface area (Å²) in [7, 11) is 1.73. The van der Waals surface area contributed by atoms with Gasteiger partial charge in [-0.3, -0.25) is 4.90 Å². The third-order valence-corrected chi connectivity index (χ3v) is 2.48. The maximum Gasteiger partial charge on any atom is 0.0824 e. The first-order valence-corrected chi connectivity index (χ1v) is 4.82. The number of ether oxygens (including phenoxy) is 2. The average molecular weight is 188 g/mol. The number of hydrogen-bond acceptors (Lipinski definition) is 4. The first-order valence-electron chi connectivity index (χ1n) is 4.82. The molecule has 1 saturated heterocycles.